The molecule has 21 heavy (non-hydrogen) atoms. The van der Waals surface area contributed by atoms with Crippen LogP contribution in [0.25, 0.3) is 0 Å². The van der Waals surface area contributed by atoms with E-state index in [-0.39, 0.29) is 6.42 Å². The first-order valence-corrected chi connectivity index (χ1v) is 6.92. The van der Waals surface area contributed by atoms with Crippen LogP contribution in [0.1, 0.15) is 12.0 Å². The van der Waals surface area contributed by atoms with Crippen LogP contribution >= 0.6 is 0 Å². The maximum atomic E-state index is 8.88. The number of hydrogen-bond donors (Lipinski definition) is 5. The van der Waals surface area contributed by atoms with E-state index in [2.05, 4.69) is 10.6 Å². The van der Waals surface area contributed by atoms with Gasteiger partial charge in [0.15, 0.2) is 6.29 Å². The Balaban J connectivity index is 2.01. The van der Waals surface area contributed by atoms with Crippen molar-refractivity contribution in [2.24, 2.45) is 0 Å². The average Bonchev–Trinajstić information content (AvgIpc) is 2.48. The van der Waals surface area contributed by atoms with Crippen molar-refractivity contribution >= 4 is 17.1 Å². The minimum atomic E-state index is -1.29. The van der Waals surface area contributed by atoms with Crippen LogP contribution in [0.3, 0.4) is 0 Å². The Kier molecular flexibility index (Phi) is 5.43. The second-order valence-electron chi connectivity index (χ2n) is 4.83. The normalized spacial score (nSPS) is 10.6. The minimum absolute atomic E-state index is 0.274. The monoisotopic (exact) mass is 287 g/mol. The molecule has 0 aliphatic heterocycles. The molecule has 2 aromatic rings. The molecule has 0 radical (unpaired) electrons. The number of aliphatic hydroxyl groups is 2. The lowest BCUT2D eigenvalue weighted by Gasteiger charge is -2.14. The van der Waals surface area contributed by atoms with Crippen molar-refractivity contribution in [2.75, 3.05) is 22.9 Å². The molecule has 2 rings (SSSR count). The van der Waals surface area contributed by atoms with Crippen molar-refractivity contribution in [3.63, 3.8) is 0 Å². The van der Waals surface area contributed by atoms with Gasteiger partial charge in [0.25, 0.3) is 0 Å². The molecule has 0 aliphatic rings. The number of anilines is 3. The Bertz CT molecular complexity index is 559. The van der Waals surface area contributed by atoms with Gasteiger partial charge in [-0.15, -0.1) is 0 Å². The molecule has 5 heteroatoms. The van der Waals surface area contributed by atoms with E-state index in [9.17, 15) is 0 Å². The second kappa shape index (κ2) is 7.52. The lowest BCUT2D eigenvalue weighted by Crippen LogP contribution is -2.13. The van der Waals surface area contributed by atoms with Gasteiger partial charge in [0.2, 0.25) is 0 Å². The zero-order valence-corrected chi connectivity index (χ0v) is 11.8. The average molecular weight is 287 g/mol. The van der Waals surface area contributed by atoms with Gasteiger partial charge in [-0.05, 0) is 35.9 Å². The van der Waals surface area contributed by atoms with E-state index in [1.165, 1.54) is 0 Å². The third kappa shape index (κ3) is 4.98. The molecule has 0 spiro atoms. The van der Waals surface area contributed by atoms with Crippen molar-refractivity contribution in [3.8, 4) is 0 Å². The summed E-state index contributed by atoms with van der Waals surface area (Å²) in [5, 5.41) is 24.3. The molecule has 0 aliphatic carbocycles. The molecule has 5 nitrogen and oxygen atoms in total. The summed E-state index contributed by atoms with van der Waals surface area (Å²) in [7, 11) is 0. The summed E-state index contributed by atoms with van der Waals surface area (Å²) in [4.78, 5) is 0. The molecular weight excluding hydrogens is 266 g/mol. The minimum Gasteiger partial charge on any atom is -0.399 e. The summed E-state index contributed by atoms with van der Waals surface area (Å²) < 4.78 is 0. The van der Waals surface area contributed by atoms with Gasteiger partial charge in [-0.2, -0.15) is 0 Å². The number of hydrogen-bond acceptors (Lipinski definition) is 5. The molecule has 0 saturated heterocycles. The fourth-order valence-corrected chi connectivity index (χ4v) is 2.02. The van der Waals surface area contributed by atoms with E-state index in [0.717, 1.165) is 16.9 Å². The highest BCUT2D eigenvalue weighted by molar-refractivity contribution is 5.59. The topological polar surface area (TPSA) is 90.5 Å². The van der Waals surface area contributed by atoms with Crippen LogP contribution < -0.4 is 16.4 Å². The quantitative estimate of drug-likeness (QED) is 0.397. The summed E-state index contributed by atoms with van der Waals surface area (Å²) >= 11 is 0. The van der Waals surface area contributed by atoms with Crippen molar-refractivity contribution in [3.05, 3.63) is 54.1 Å². The van der Waals surface area contributed by atoms with E-state index in [1.807, 2.05) is 48.5 Å². The van der Waals surface area contributed by atoms with Gasteiger partial charge in [0, 0.05) is 36.6 Å². The number of nitrogens with two attached hydrogens (primary N) is 1. The number of para-hydroxylation sites is 1. The highest BCUT2D eigenvalue weighted by Gasteiger charge is 2.04. The maximum absolute atomic E-state index is 8.88. The summed E-state index contributed by atoms with van der Waals surface area (Å²) in [6, 6.07) is 15.6. The lowest BCUT2D eigenvalue weighted by atomic mass is 10.1. The van der Waals surface area contributed by atoms with Crippen molar-refractivity contribution in [1.82, 2.24) is 0 Å². The van der Waals surface area contributed by atoms with E-state index in [0.29, 0.717) is 18.8 Å². The van der Waals surface area contributed by atoms with E-state index in [4.69, 9.17) is 15.9 Å². The Morgan fingerprint density at radius 1 is 1.00 bits per heavy atom. The lowest BCUT2D eigenvalue weighted by molar-refractivity contribution is -0.0423. The first-order valence-electron chi connectivity index (χ1n) is 6.92. The van der Waals surface area contributed by atoms with Gasteiger partial charge >= 0.3 is 0 Å². The SMILES string of the molecule is Nc1ccc(NCCC(O)O)c(CNc2ccccc2)c1. The van der Waals surface area contributed by atoms with Gasteiger partial charge in [0.1, 0.15) is 0 Å². The van der Waals surface area contributed by atoms with Crippen molar-refractivity contribution in [1.29, 1.82) is 0 Å². The third-order valence-electron chi connectivity index (χ3n) is 3.10. The number of nitrogen functional groups attached to an aromatic ring is 1. The molecule has 6 N–H and O–H groups in total. The van der Waals surface area contributed by atoms with Gasteiger partial charge in [-0.3, -0.25) is 0 Å². The van der Waals surface area contributed by atoms with Crippen LogP contribution in [0.5, 0.6) is 0 Å². The van der Waals surface area contributed by atoms with E-state index < -0.39 is 6.29 Å². The molecule has 0 bridgehead atoms. The van der Waals surface area contributed by atoms with E-state index >= 15 is 0 Å². The predicted octanol–water partition coefficient (Wildman–Crippen LogP) is 1.99. The largest absolute Gasteiger partial charge is 0.399 e. The summed E-state index contributed by atoms with van der Waals surface area (Å²) in [5.74, 6) is 0. The van der Waals surface area contributed by atoms with Crippen LogP contribution in [0.2, 0.25) is 0 Å². The van der Waals surface area contributed by atoms with Crippen molar-refractivity contribution < 1.29 is 10.2 Å². The first-order chi connectivity index (χ1) is 10.1. The number of nitrogens with one attached hydrogen (secondary N) is 2. The van der Waals surface area contributed by atoms with Crippen LogP contribution in [-0.4, -0.2) is 23.0 Å². The standard InChI is InChI=1S/C16H21N3O2/c17-13-6-7-15(18-9-8-16(20)21)12(10-13)11-19-14-4-2-1-3-5-14/h1-7,10,16,18-21H,8-9,11,17H2. The Morgan fingerprint density at radius 2 is 1.76 bits per heavy atom. The highest BCUT2D eigenvalue weighted by Crippen LogP contribution is 2.20. The smallest absolute Gasteiger partial charge is 0.153 e. The maximum Gasteiger partial charge on any atom is 0.153 e. The third-order valence-corrected chi connectivity index (χ3v) is 3.10. The molecule has 0 atom stereocenters. The summed E-state index contributed by atoms with van der Waals surface area (Å²) in [6.45, 7) is 1.12. The molecule has 0 saturated carbocycles. The van der Waals surface area contributed by atoms with Gasteiger partial charge < -0.3 is 26.6 Å². The molecule has 0 heterocycles. The van der Waals surface area contributed by atoms with E-state index in [1.54, 1.807) is 0 Å². The van der Waals surface area contributed by atoms with Gasteiger partial charge in [0.05, 0.1) is 0 Å². The number of benzene rings is 2. The van der Waals surface area contributed by atoms with Crippen LogP contribution in [-0.2, 0) is 6.54 Å². The summed E-state index contributed by atoms with van der Waals surface area (Å²) in [5.41, 5.74) is 9.55. The molecule has 0 fully saturated rings. The van der Waals surface area contributed by atoms with Crippen molar-refractivity contribution in [2.45, 2.75) is 19.3 Å². The van der Waals surface area contributed by atoms with Gasteiger partial charge in [-0.25, -0.2) is 0 Å². The highest BCUT2D eigenvalue weighted by atomic mass is 16.5. The molecule has 112 valence electrons. The van der Waals surface area contributed by atoms with Crippen LogP contribution in [0.4, 0.5) is 17.1 Å². The zero-order valence-electron chi connectivity index (χ0n) is 11.8. The van der Waals surface area contributed by atoms with Gasteiger partial charge in [-0.1, -0.05) is 18.2 Å². The Morgan fingerprint density at radius 3 is 2.48 bits per heavy atom. The zero-order chi connectivity index (χ0) is 15.1. The molecule has 2 aromatic carbocycles. The Labute approximate surface area is 124 Å². The number of rotatable bonds is 7. The second-order valence-corrected chi connectivity index (χ2v) is 4.83. The predicted molar refractivity (Wildman–Crippen MR) is 86.0 cm³/mol. The molecular formula is C16H21N3O2. The number of aliphatic hydroxyl groups excluding tert-OH is 1. The summed E-state index contributed by atoms with van der Waals surface area (Å²) in [6.07, 6.45) is -1.02. The fraction of sp³-hybridized carbons (Fsp3) is 0.250. The first kappa shape index (κ1) is 15.2. The molecule has 0 amide bonds. The van der Waals surface area contributed by atoms with Crippen LogP contribution in [0, 0.1) is 0 Å². The fourth-order valence-electron chi connectivity index (χ4n) is 2.02. The molecule has 0 aromatic heterocycles. The Hall–Kier alpha value is -2.24. The van der Waals surface area contributed by atoms with Crippen LogP contribution in [0.15, 0.2) is 48.5 Å². The molecule has 0 unspecified atom stereocenters.